The second-order valence-electron chi connectivity index (χ2n) is 4.05. The van der Waals surface area contributed by atoms with Gasteiger partial charge in [-0.25, -0.2) is 0 Å². The van der Waals surface area contributed by atoms with Gasteiger partial charge in [0, 0.05) is 19.2 Å². The highest BCUT2D eigenvalue weighted by atomic mass is 16.6. The van der Waals surface area contributed by atoms with Gasteiger partial charge in [0.15, 0.2) is 0 Å². The second-order valence-corrected chi connectivity index (χ2v) is 4.05. The third-order valence-corrected chi connectivity index (χ3v) is 2.71. The van der Waals surface area contributed by atoms with Crippen LogP contribution in [-0.2, 0) is 4.79 Å². The van der Waals surface area contributed by atoms with Crippen LogP contribution in [-0.4, -0.2) is 41.3 Å². The summed E-state index contributed by atoms with van der Waals surface area (Å²) in [7, 11) is 0. The van der Waals surface area contributed by atoms with Crippen molar-refractivity contribution >= 4 is 17.5 Å². The molecule has 20 heavy (non-hydrogen) atoms. The van der Waals surface area contributed by atoms with E-state index in [1.165, 1.54) is 23.1 Å². The molecule has 7 nitrogen and oxygen atoms in total. The van der Waals surface area contributed by atoms with Crippen LogP contribution in [0.25, 0.3) is 0 Å². The third kappa shape index (κ3) is 3.78. The van der Waals surface area contributed by atoms with Gasteiger partial charge in [-0.2, -0.15) is 0 Å². The monoisotopic (exact) mass is 279 g/mol. The van der Waals surface area contributed by atoms with Gasteiger partial charge in [-0.15, -0.1) is 0 Å². The number of likely N-dealkylation sites (N-methyl/N-ethyl adjacent to an activating group) is 2. The zero-order valence-corrected chi connectivity index (χ0v) is 11.5. The van der Waals surface area contributed by atoms with Crippen molar-refractivity contribution in [2.24, 2.45) is 0 Å². The molecule has 0 unspecified atom stereocenters. The topological polar surface area (TPSA) is 92.6 Å². The summed E-state index contributed by atoms with van der Waals surface area (Å²) in [4.78, 5) is 35.4. The highest BCUT2D eigenvalue weighted by Crippen LogP contribution is 2.19. The molecule has 0 aliphatic carbocycles. The van der Waals surface area contributed by atoms with E-state index in [0.29, 0.717) is 13.1 Å². The van der Waals surface area contributed by atoms with Crippen molar-refractivity contribution in [3.63, 3.8) is 0 Å². The number of nitrogens with zero attached hydrogens (tertiary/aromatic N) is 2. The van der Waals surface area contributed by atoms with Crippen molar-refractivity contribution in [1.82, 2.24) is 10.2 Å². The van der Waals surface area contributed by atoms with Gasteiger partial charge >= 0.3 is 0 Å². The second kappa shape index (κ2) is 7.22. The molecule has 0 spiro atoms. The molecule has 0 saturated carbocycles. The van der Waals surface area contributed by atoms with Crippen LogP contribution in [0.4, 0.5) is 5.69 Å². The number of nitro benzene ring substituents is 1. The van der Waals surface area contributed by atoms with Crippen LogP contribution in [0, 0.1) is 10.1 Å². The minimum absolute atomic E-state index is 0.0105. The molecule has 1 aromatic rings. The van der Waals surface area contributed by atoms with Gasteiger partial charge in [0.25, 0.3) is 11.6 Å². The summed E-state index contributed by atoms with van der Waals surface area (Å²) in [6, 6.07) is 5.71. The molecule has 0 aliphatic rings. The van der Waals surface area contributed by atoms with Crippen LogP contribution in [0.2, 0.25) is 0 Å². The number of nitrogens with one attached hydrogen (secondary N) is 1. The van der Waals surface area contributed by atoms with Gasteiger partial charge in [-0.1, -0.05) is 12.1 Å². The predicted molar refractivity (Wildman–Crippen MR) is 73.4 cm³/mol. The number of amides is 2. The third-order valence-electron chi connectivity index (χ3n) is 2.71. The molecule has 0 saturated heterocycles. The number of hydrogen-bond donors (Lipinski definition) is 1. The van der Waals surface area contributed by atoms with Gasteiger partial charge in [-0.05, 0) is 19.9 Å². The number of carbonyl (C=O) groups excluding carboxylic acids is 2. The Balaban J connectivity index is 2.97. The van der Waals surface area contributed by atoms with E-state index in [1.807, 2.05) is 0 Å². The van der Waals surface area contributed by atoms with Crippen molar-refractivity contribution in [3.8, 4) is 0 Å². The van der Waals surface area contributed by atoms with E-state index in [9.17, 15) is 19.7 Å². The zero-order chi connectivity index (χ0) is 15.1. The Morgan fingerprint density at radius 3 is 2.50 bits per heavy atom. The fourth-order valence-electron chi connectivity index (χ4n) is 1.74. The molecule has 2 amide bonds. The Hall–Kier alpha value is -2.44. The summed E-state index contributed by atoms with van der Waals surface area (Å²) in [5, 5.41) is 13.5. The lowest BCUT2D eigenvalue weighted by molar-refractivity contribution is -0.385. The molecule has 0 aromatic heterocycles. The maximum Gasteiger partial charge on any atom is 0.282 e. The summed E-state index contributed by atoms with van der Waals surface area (Å²) < 4.78 is 0. The standard InChI is InChI=1S/C13H17N3O4/c1-3-14-12(17)9-15(4-2)13(18)10-7-5-6-8-11(10)16(19)20/h5-8H,3-4,9H2,1-2H3,(H,14,17). The van der Waals surface area contributed by atoms with Crippen LogP contribution in [0.5, 0.6) is 0 Å². The lowest BCUT2D eigenvalue weighted by atomic mass is 10.1. The van der Waals surface area contributed by atoms with E-state index in [-0.39, 0.29) is 23.7 Å². The molecule has 7 heteroatoms. The van der Waals surface area contributed by atoms with Gasteiger partial charge in [-0.3, -0.25) is 19.7 Å². The van der Waals surface area contributed by atoms with E-state index < -0.39 is 10.8 Å². The van der Waals surface area contributed by atoms with Crippen molar-refractivity contribution < 1.29 is 14.5 Å². The molecule has 0 radical (unpaired) electrons. The Morgan fingerprint density at radius 2 is 1.95 bits per heavy atom. The van der Waals surface area contributed by atoms with E-state index >= 15 is 0 Å². The Morgan fingerprint density at radius 1 is 1.30 bits per heavy atom. The van der Waals surface area contributed by atoms with Crippen LogP contribution in [0.15, 0.2) is 24.3 Å². The zero-order valence-electron chi connectivity index (χ0n) is 11.5. The molecule has 0 heterocycles. The van der Waals surface area contributed by atoms with Crippen LogP contribution >= 0.6 is 0 Å². The van der Waals surface area contributed by atoms with Crippen molar-refractivity contribution in [2.75, 3.05) is 19.6 Å². The number of para-hydroxylation sites is 1. The lowest BCUT2D eigenvalue weighted by Gasteiger charge is -2.20. The van der Waals surface area contributed by atoms with E-state index in [2.05, 4.69) is 5.32 Å². The first-order chi connectivity index (χ1) is 9.51. The van der Waals surface area contributed by atoms with E-state index in [0.717, 1.165) is 0 Å². The number of nitro groups is 1. The minimum atomic E-state index is -0.604. The van der Waals surface area contributed by atoms with Crippen molar-refractivity contribution in [1.29, 1.82) is 0 Å². The molecule has 1 aromatic carbocycles. The lowest BCUT2D eigenvalue weighted by Crippen LogP contribution is -2.40. The summed E-state index contributed by atoms with van der Waals surface area (Å²) in [6.45, 7) is 4.14. The minimum Gasteiger partial charge on any atom is -0.355 e. The fourth-order valence-corrected chi connectivity index (χ4v) is 1.74. The molecule has 108 valence electrons. The first-order valence-electron chi connectivity index (χ1n) is 6.30. The van der Waals surface area contributed by atoms with Gasteiger partial charge in [0.05, 0.1) is 11.5 Å². The van der Waals surface area contributed by atoms with E-state index in [4.69, 9.17) is 0 Å². The number of hydrogen-bond acceptors (Lipinski definition) is 4. The highest BCUT2D eigenvalue weighted by Gasteiger charge is 2.24. The summed E-state index contributed by atoms with van der Waals surface area (Å²) in [5.74, 6) is -0.813. The predicted octanol–water partition coefficient (Wildman–Crippen LogP) is 1.19. The quantitative estimate of drug-likeness (QED) is 0.625. The Kier molecular flexibility index (Phi) is 5.64. The Bertz CT molecular complexity index is 516. The molecule has 0 aliphatic heterocycles. The molecular formula is C13H17N3O4. The maximum atomic E-state index is 12.3. The first kappa shape index (κ1) is 15.6. The summed E-state index contributed by atoms with van der Waals surface area (Å²) in [5.41, 5.74) is -0.268. The summed E-state index contributed by atoms with van der Waals surface area (Å²) in [6.07, 6.45) is 0. The number of benzene rings is 1. The average molecular weight is 279 g/mol. The maximum absolute atomic E-state index is 12.3. The molecule has 0 fully saturated rings. The normalized spacial score (nSPS) is 9.90. The van der Waals surface area contributed by atoms with Gasteiger partial charge in [0.2, 0.25) is 5.91 Å². The molecule has 1 rings (SSSR count). The van der Waals surface area contributed by atoms with Gasteiger partial charge < -0.3 is 10.2 Å². The molecular weight excluding hydrogens is 262 g/mol. The van der Waals surface area contributed by atoms with Crippen molar-refractivity contribution in [2.45, 2.75) is 13.8 Å². The largest absolute Gasteiger partial charge is 0.355 e. The van der Waals surface area contributed by atoms with Crippen LogP contribution < -0.4 is 5.32 Å². The summed E-state index contributed by atoms with van der Waals surface area (Å²) >= 11 is 0. The SMILES string of the molecule is CCNC(=O)CN(CC)C(=O)c1ccccc1[N+](=O)[O-]. The van der Waals surface area contributed by atoms with Crippen molar-refractivity contribution in [3.05, 3.63) is 39.9 Å². The van der Waals surface area contributed by atoms with Gasteiger partial charge in [0.1, 0.15) is 5.56 Å². The molecule has 0 atom stereocenters. The molecule has 1 N–H and O–H groups in total. The Labute approximate surface area is 116 Å². The smallest absolute Gasteiger partial charge is 0.282 e. The number of carbonyl (C=O) groups is 2. The van der Waals surface area contributed by atoms with E-state index in [1.54, 1.807) is 19.9 Å². The first-order valence-corrected chi connectivity index (χ1v) is 6.30. The van der Waals surface area contributed by atoms with Crippen LogP contribution in [0.1, 0.15) is 24.2 Å². The molecule has 0 bridgehead atoms. The average Bonchev–Trinajstić information content (AvgIpc) is 2.44. The van der Waals surface area contributed by atoms with Crippen LogP contribution in [0.3, 0.4) is 0 Å². The fraction of sp³-hybridized carbons (Fsp3) is 0.385. The number of rotatable bonds is 6. The highest BCUT2D eigenvalue weighted by molar-refractivity contribution is 5.99.